The first-order chi connectivity index (χ1) is 68.5. The summed E-state index contributed by atoms with van der Waals surface area (Å²) in [6.07, 6.45) is 17.4. The fourth-order valence-electron chi connectivity index (χ4n) is 15.5. The summed E-state index contributed by atoms with van der Waals surface area (Å²) in [6.45, 7) is 30.0. The van der Waals surface area contributed by atoms with Crippen LogP contribution in [-0.4, -0.2) is 74.7 Å². The van der Waals surface area contributed by atoms with Gasteiger partial charge in [0.2, 0.25) is 0 Å². The number of carbonyl (C=O) groups is 8. The number of hydrogen-bond donors (Lipinski definition) is 0. The van der Waals surface area contributed by atoms with E-state index >= 15 is 0 Å². The van der Waals surface area contributed by atoms with Gasteiger partial charge in [0, 0.05) is 92.6 Å². The van der Waals surface area contributed by atoms with Crippen molar-refractivity contribution in [2.45, 2.75) is 45.4 Å². The molecule has 0 amide bonds. The highest BCUT2D eigenvalue weighted by atomic mass is 35.5. The molecule has 706 valence electrons. The van der Waals surface area contributed by atoms with Crippen LogP contribution in [0.3, 0.4) is 0 Å². The molecule has 0 spiro atoms. The van der Waals surface area contributed by atoms with Gasteiger partial charge in [0.1, 0.15) is 28.7 Å². The molecule has 17 nitrogen and oxygen atoms in total. The minimum Gasteiger partial charge on any atom is -0.496 e. The molecule has 0 saturated heterocycles. The van der Waals surface area contributed by atoms with Gasteiger partial charge in [-0.2, -0.15) is 0 Å². The van der Waals surface area contributed by atoms with Crippen LogP contribution in [-0.2, 0) is 78.3 Å². The number of allylic oxidation sites excluding steroid dienone is 1. The molecular formula is C121H100Cl2O17S. The highest BCUT2D eigenvalue weighted by molar-refractivity contribution is 7.17. The van der Waals surface area contributed by atoms with Crippen molar-refractivity contribution >= 4 is 195 Å². The summed E-state index contributed by atoms with van der Waals surface area (Å²) in [5.41, 5.74) is 6.59. The SMILES string of the molecule is C=C(C)C(=O)OCCc1cccc2ccccc12.C=CC(=O)OCCCCc1cc2cccc3ccc4cccc1c4c32.C=CC(=O)OCCc1cccc2ccccc12.C=CC(=O)Oc1c(Cl)cc(Cl)c2ccccc12.C=CC(=O)Oc1ccc(OC)c2ccccc12.C=CC(=O)Oc1ccc2c(c1)CC=C2.C=CC(=O)Oc1ccc2ccsc2c1.C=CC(=O)Oc1cccc2c1ccc1ccccc12. The first kappa shape index (κ1) is 103. The summed E-state index contributed by atoms with van der Waals surface area (Å²) in [4.78, 5) is 88.9. The second kappa shape index (κ2) is 51.9. The second-order valence-corrected chi connectivity index (χ2v) is 33.1. The van der Waals surface area contributed by atoms with Gasteiger partial charge < -0.3 is 42.6 Å². The number of ether oxygens (including phenoxy) is 9. The van der Waals surface area contributed by atoms with E-state index in [1.54, 1.807) is 67.8 Å². The lowest BCUT2D eigenvalue weighted by molar-refractivity contribution is -0.139. The zero-order chi connectivity index (χ0) is 100. The topological polar surface area (TPSA) is 220 Å². The summed E-state index contributed by atoms with van der Waals surface area (Å²) < 4.78 is 47.1. The maximum atomic E-state index is 11.3. The lowest BCUT2D eigenvalue weighted by Gasteiger charge is -2.14. The zero-order valence-electron chi connectivity index (χ0n) is 77.8. The quantitative estimate of drug-likeness (QED) is 0.0130. The number of unbranched alkanes of at least 4 members (excludes halogenated alkanes) is 1. The number of fused-ring (bicyclic) bond motifs is 9. The number of aryl methyl sites for hydroxylation is 1. The Morgan fingerprint density at radius 3 is 1.38 bits per heavy atom. The number of halogens is 2. The van der Waals surface area contributed by atoms with Gasteiger partial charge in [0.05, 0.1) is 37.0 Å². The van der Waals surface area contributed by atoms with E-state index in [-0.39, 0.29) is 17.9 Å². The molecule has 20 heteroatoms. The van der Waals surface area contributed by atoms with E-state index in [0.29, 0.717) is 69.6 Å². The molecule has 0 unspecified atom stereocenters. The Morgan fingerprint density at radius 1 is 0.333 bits per heavy atom. The van der Waals surface area contributed by atoms with Crippen molar-refractivity contribution in [1.29, 1.82) is 0 Å². The van der Waals surface area contributed by atoms with Crippen LogP contribution in [0.4, 0.5) is 0 Å². The van der Waals surface area contributed by atoms with Crippen molar-refractivity contribution in [3.8, 4) is 34.5 Å². The number of esters is 8. The molecule has 1 aromatic heterocycles. The predicted octanol–water partition coefficient (Wildman–Crippen LogP) is 28.9. The van der Waals surface area contributed by atoms with Crippen LogP contribution in [0.1, 0.15) is 47.6 Å². The number of rotatable bonds is 25. The molecule has 1 heterocycles. The van der Waals surface area contributed by atoms with Crippen molar-refractivity contribution in [2.75, 3.05) is 26.9 Å². The number of methoxy groups -OCH3 is 1. The first-order valence-electron chi connectivity index (χ1n) is 44.9. The normalized spacial score (nSPS) is 10.6. The molecule has 19 rings (SSSR count). The first-order valence-corrected chi connectivity index (χ1v) is 46.5. The lowest BCUT2D eigenvalue weighted by atomic mass is 9.90. The maximum Gasteiger partial charge on any atom is 0.335 e. The molecule has 141 heavy (non-hydrogen) atoms. The molecule has 0 saturated carbocycles. The van der Waals surface area contributed by atoms with Gasteiger partial charge in [-0.25, -0.2) is 38.4 Å². The van der Waals surface area contributed by atoms with Crippen molar-refractivity contribution in [2.24, 2.45) is 0 Å². The Balaban J connectivity index is 0.000000145. The zero-order valence-corrected chi connectivity index (χ0v) is 80.1. The Bertz CT molecular complexity index is 7740. The Morgan fingerprint density at radius 2 is 0.773 bits per heavy atom. The van der Waals surface area contributed by atoms with E-state index in [9.17, 15) is 38.4 Å². The molecule has 0 N–H and O–H groups in total. The van der Waals surface area contributed by atoms with E-state index in [0.717, 1.165) is 111 Å². The molecule has 17 aromatic carbocycles. The number of hydrogen-bond acceptors (Lipinski definition) is 18. The van der Waals surface area contributed by atoms with Gasteiger partial charge >= 0.3 is 47.8 Å². The molecule has 1 aliphatic carbocycles. The molecule has 0 fully saturated rings. The summed E-state index contributed by atoms with van der Waals surface area (Å²) in [5, 5.41) is 24.3. The van der Waals surface area contributed by atoms with Gasteiger partial charge in [-0.05, 0) is 208 Å². The highest BCUT2D eigenvalue weighted by Crippen LogP contribution is 2.41. The molecule has 0 atom stereocenters. The van der Waals surface area contributed by atoms with E-state index in [1.807, 2.05) is 151 Å². The summed E-state index contributed by atoms with van der Waals surface area (Å²) in [7, 11) is 1.61. The third kappa shape index (κ3) is 28.2. The summed E-state index contributed by atoms with van der Waals surface area (Å²) >= 11 is 13.7. The average molecular weight is 1930 g/mol. The summed E-state index contributed by atoms with van der Waals surface area (Å²) in [6, 6.07) is 99.5. The maximum absolute atomic E-state index is 11.3. The average Bonchev–Trinajstić information content (AvgIpc) is 1.10. The number of thiophene rings is 1. The van der Waals surface area contributed by atoms with Crippen molar-refractivity contribution in [1.82, 2.24) is 0 Å². The second-order valence-electron chi connectivity index (χ2n) is 31.4. The number of benzene rings is 17. The molecule has 0 aliphatic heterocycles. The van der Waals surface area contributed by atoms with Crippen LogP contribution in [0.15, 0.2) is 416 Å². The van der Waals surface area contributed by atoms with E-state index < -0.39 is 29.8 Å². The fraction of sp³-hybridized carbons (Fsp3) is 0.0909. The fourth-order valence-corrected chi connectivity index (χ4v) is 16.9. The minimum absolute atomic E-state index is 0.295. The van der Waals surface area contributed by atoms with Crippen LogP contribution < -0.4 is 28.4 Å². The smallest absolute Gasteiger partial charge is 0.335 e. The Hall–Kier alpha value is -16.9. The molecule has 0 radical (unpaired) electrons. The number of carbonyl (C=O) groups excluding carboxylic acids is 8. The van der Waals surface area contributed by atoms with E-state index in [1.165, 1.54) is 105 Å². The van der Waals surface area contributed by atoms with Gasteiger partial charge in [-0.1, -0.05) is 325 Å². The molecule has 0 bridgehead atoms. The van der Waals surface area contributed by atoms with Crippen LogP contribution in [0, 0.1) is 0 Å². The van der Waals surface area contributed by atoms with Crippen LogP contribution in [0.2, 0.25) is 10.0 Å². The van der Waals surface area contributed by atoms with Gasteiger partial charge in [-0.15, -0.1) is 11.3 Å². The van der Waals surface area contributed by atoms with Crippen molar-refractivity contribution < 1.29 is 81.0 Å². The lowest BCUT2D eigenvalue weighted by Crippen LogP contribution is -2.08. The monoisotopic (exact) mass is 1930 g/mol. The van der Waals surface area contributed by atoms with Crippen LogP contribution in [0.25, 0.3) is 113 Å². The van der Waals surface area contributed by atoms with Crippen molar-refractivity contribution in [3.05, 3.63) is 453 Å². The van der Waals surface area contributed by atoms with Gasteiger partial charge in [-0.3, -0.25) is 0 Å². The summed E-state index contributed by atoms with van der Waals surface area (Å²) in [5.74, 6) is -0.0999. The molecular weight excluding hydrogens is 1830 g/mol. The Labute approximate surface area is 831 Å². The molecule has 18 aromatic rings. The van der Waals surface area contributed by atoms with Gasteiger partial charge in [0.15, 0.2) is 5.75 Å². The standard InChI is InChI=1S/C23H20O2.C17H12O2.C16H16O2.C15H14O2.C14H12O3.C13H8Cl2O2.C12H10O2.C11H8O2S/c1-2-21(24)25-14-4-3-7-18-15-19-10-5-8-16-12-13-17-9-6-11-20(18)23(17)22(16)19;1-2-17(18)19-16-9-5-8-14-13-7-4-3-6-12(13)10-11-15(14)16;1-12(2)16(17)18-11-10-14-8-5-7-13-6-3-4-9-15(13)14;1-2-15(16)17-11-10-13-8-5-7-12-6-3-4-9-14(12)13;1-3-14(15)17-13-9-8-12(16-2)10-6-4-5-7-11(10)13;1-2-12(16)17-13-9-6-4-3-5-8(9)10(14)7-11(13)15;1-2-12(13)14-11-7-6-9-4-3-5-10(9)8-11;1-2-11(12)13-9-4-3-8-5-6-14-10(8)7-9/h2,5-6,8-13,15H,1,3-4,7,14H2;2-11H,1H2;3-9H,1,10-11H2,2H3;2-9H,1,10-11H2;3-9H,1H2,2H3;2-7H,1H2;2-4,6-8H,1,5H2;2-7H,1H2. The Kier molecular flexibility index (Phi) is 37.9. The van der Waals surface area contributed by atoms with E-state index in [4.69, 9.17) is 65.8 Å². The third-order valence-corrected chi connectivity index (χ3v) is 23.6. The third-order valence-electron chi connectivity index (χ3n) is 22.1. The largest absolute Gasteiger partial charge is 0.496 e. The molecule has 1 aliphatic rings. The minimum atomic E-state index is -0.556. The van der Waals surface area contributed by atoms with Crippen LogP contribution in [0.5, 0.6) is 34.5 Å². The van der Waals surface area contributed by atoms with Crippen molar-refractivity contribution in [3.63, 3.8) is 0 Å². The van der Waals surface area contributed by atoms with E-state index in [2.05, 4.69) is 180 Å². The highest BCUT2D eigenvalue weighted by Gasteiger charge is 2.18. The van der Waals surface area contributed by atoms with Gasteiger partial charge in [0.25, 0.3) is 0 Å². The predicted molar refractivity (Wildman–Crippen MR) is 573 cm³/mol. The van der Waals surface area contributed by atoms with Crippen LogP contribution >= 0.6 is 34.5 Å².